The van der Waals surface area contributed by atoms with Gasteiger partial charge >= 0.3 is 0 Å². The molecule has 0 aliphatic carbocycles. The summed E-state index contributed by atoms with van der Waals surface area (Å²) in [5, 5.41) is 6.25. The van der Waals surface area contributed by atoms with E-state index in [-0.39, 0.29) is 5.91 Å². The van der Waals surface area contributed by atoms with Crippen LogP contribution < -0.4 is 24.4 Å². The summed E-state index contributed by atoms with van der Waals surface area (Å²) in [5.74, 6) is 0.860. The lowest BCUT2D eigenvalue weighted by molar-refractivity contribution is -0.110. The van der Waals surface area contributed by atoms with Crippen LogP contribution >= 0.6 is 0 Å². The summed E-state index contributed by atoms with van der Waals surface area (Å²) in [6.07, 6.45) is 1.80. The van der Waals surface area contributed by atoms with Crippen molar-refractivity contribution in [1.82, 2.24) is 4.90 Å². The van der Waals surface area contributed by atoms with Crippen molar-refractivity contribution < 1.29 is 27.4 Å². The van der Waals surface area contributed by atoms with E-state index in [4.69, 9.17) is 14.2 Å². The van der Waals surface area contributed by atoms with Crippen molar-refractivity contribution in [3.8, 4) is 11.5 Å². The van der Waals surface area contributed by atoms with Crippen molar-refractivity contribution in [2.45, 2.75) is 13.3 Å². The number of amides is 1. The van der Waals surface area contributed by atoms with Crippen molar-refractivity contribution in [2.75, 3.05) is 74.8 Å². The van der Waals surface area contributed by atoms with E-state index in [1.165, 1.54) is 10.6 Å². The number of benzene rings is 2. The Morgan fingerprint density at radius 1 is 1.11 bits per heavy atom. The van der Waals surface area contributed by atoms with E-state index in [9.17, 15) is 13.2 Å². The van der Waals surface area contributed by atoms with Crippen LogP contribution in [-0.4, -0.2) is 79.1 Å². The molecule has 2 aromatic carbocycles. The molecule has 0 spiro atoms. The molecule has 0 aromatic heterocycles. The number of morpholine rings is 1. The van der Waals surface area contributed by atoms with Crippen molar-refractivity contribution >= 4 is 38.6 Å². The smallest absolute Gasteiger partial charge is 0.258 e. The minimum absolute atomic E-state index is 0.211. The van der Waals surface area contributed by atoms with Crippen LogP contribution in [0.15, 0.2) is 42.1 Å². The number of ether oxygens (including phenoxy) is 3. The number of hydrogen-bond donors (Lipinski definition) is 2. The van der Waals surface area contributed by atoms with E-state index in [1.54, 1.807) is 38.5 Å². The quantitative estimate of drug-likeness (QED) is 0.452. The van der Waals surface area contributed by atoms with E-state index in [0.29, 0.717) is 61.2 Å². The SMILES string of the molecule is CC/C(Nc1ccc(N(CCN2CCOCC2)S(C)(=O)=O)cc1)=C1/C(=O)Nc2cc(OC)c(OC)cc21. The van der Waals surface area contributed by atoms with Crippen LogP contribution in [0.5, 0.6) is 11.5 Å². The molecule has 11 heteroatoms. The molecule has 0 bridgehead atoms. The van der Waals surface area contributed by atoms with Crippen LogP contribution in [0.1, 0.15) is 18.9 Å². The number of hydrogen-bond acceptors (Lipinski definition) is 8. The molecule has 0 unspecified atom stereocenters. The predicted octanol–water partition coefficient (Wildman–Crippen LogP) is 2.99. The van der Waals surface area contributed by atoms with Gasteiger partial charge in [-0.15, -0.1) is 0 Å². The molecule has 1 saturated heterocycles. The fourth-order valence-electron chi connectivity index (χ4n) is 4.55. The Labute approximate surface area is 218 Å². The van der Waals surface area contributed by atoms with Gasteiger partial charge in [-0.3, -0.25) is 14.0 Å². The number of sulfonamides is 1. The molecule has 4 rings (SSSR count). The molecule has 0 atom stereocenters. The monoisotopic (exact) mass is 530 g/mol. The minimum atomic E-state index is -3.45. The van der Waals surface area contributed by atoms with Gasteiger partial charge in [0.1, 0.15) is 0 Å². The van der Waals surface area contributed by atoms with Gasteiger partial charge in [0.05, 0.1) is 50.6 Å². The van der Waals surface area contributed by atoms with Gasteiger partial charge in [0, 0.05) is 49.2 Å². The fourth-order valence-corrected chi connectivity index (χ4v) is 5.47. The summed E-state index contributed by atoms with van der Waals surface area (Å²) in [7, 11) is -0.351. The third kappa shape index (κ3) is 6.00. The third-order valence-electron chi connectivity index (χ3n) is 6.50. The maximum atomic E-state index is 12.9. The van der Waals surface area contributed by atoms with Gasteiger partial charge in [-0.1, -0.05) is 6.92 Å². The Hall–Kier alpha value is -3.28. The molecule has 1 fully saturated rings. The number of methoxy groups -OCH3 is 2. The highest BCUT2D eigenvalue weighted by molar-refractivity contribution is 7.92. The summed E-state index contributed by atoms with van der Waals surface area (Å²) in [6, 6.07) is 10.7. The van der Waals surface area contributed by atoms with Gasteiger partial charge in [0.25, 0.3) is 5.91 Å². The molecule has 200 valence electrons. The Morgan fingerprint density at radius 3 is 2.35 bits per heavy atom. The summed E-state index contributed by atoms with van der Waals surface area (Å²) in [6.45, 7) is 5.87. The zero-order chi connectivity index (χ0) is 26.6. The average Bonchev–Trinajstić information content (AvgIpc) is 3.21. The standard InChI is InChI=1S/C26H34N4O6S/c1-5-21(25-20-16-23(34-2)24(35-3)17-22(20)28-26(25)31)27-18-6-8-19(9-7-18)30(37(4,32)33)11-10-29-12-14-36-15-13-29/h6-9,16-17,27H,5,10-15H2,1-4H3,(H,28,31)/b25-21-. The molecule has 1 amide bonds. The molecule has 2 aromatic rings. The van der Waals surface area contributed by atoms with E-state index in [2.05, 4.69) is 15.5 Å². The maximum Gasteiger partial charge on any atom is 0.258 e. The largest absolute Gasteiger partial charge is 0.493 e. The first-order valence-corrected chi connectivity index (χ1v) is 14.1. The highest BCUT2D eigenvalue weighted by Crippen LogP contribution is 2.42. The predicted molar refractivity (Wildman–Crippen MR) is 145 cm³/mol. The van der Waals surface area contributed by atoms with Crippen LogP contribution in [-0.2, 0) is 19.6 Å². The number of carbonyl (C=O) groups excluding carboxylic acids is 1. The fraction of sp³-hybridized carbons (Fsp3) is 0.423. The summed E-state index contributed by atoms with van der Waals surface area (Å²) in [4.78, 5) is 15.1. The lowest BCUT2D eigenvalue weighted by Gasteiger charge is -2.30. The first-order chi connectivity index (χ1) is 17.7. The van der Waals surface area contributed by atoms with Crippen molar-refractivity contribution in [3.05, 3.63) is 47.7 Å². The molecule has 0 saturated carbocycles. The van der Waals surface area contributed by atoms with E-state index >= 15 is 0 Å². The minimum Gasteiger partial charge on any atom is -0.493 e. The van der Waals surface area contributed by atoms with Gasteiger partial charge in [-0.25, -0.2) is 8.42 Å². The van der Waals surface area contributed by atoms with E-state index in [1.807, 2.05) is 19.1 Å². The van der Waals surface area contributed by atoms with Crippen molar-refractivity contribution in [3.63, 3.8) is 0 Å². The first-order valence-electron chi connectivity index (χ1n) is 12.2. The highest BCUT2D eigenvalue weighted by atomic mass is 32.2. The van der Waals surface area contributed by atoms with Gasteiger partial charge in [-0.05, 0) is 36.8 Å². The number of allylic oxidation sites excluding steroid dienone is 1. The van der Waals surface area contributed by atoms with E-state index in [0.717, 1.165) is 30.0 Å². The molecule has 2 N–H and O–H groups in total. The van der Waals surface area contributed by atoms with Gasteiger partial charge in [0.2, 0.25) is 10.0 Å². The van der Waals surface area contributed by atoms with Crippen LogP contribution in [0, 0.1) is 0 Å². The zero-order valence-corrected chi connectivity index (χ0v) is 22.5. The lowest BCUT2D eigenvalue weighted by atomic mass is 10.0. The average molecular weight is 531 g/mol. The Kier molecular flexibility index (Phi) is 8.25. The molecule has 37 heavy (non-hydrogen) atoms. The second kappa shape index (κ2) is 11.4. The number of anilines is 3. The molecule has 2 aliphatic heterocycles. The molecular weight excluding hydrogens is 496 g/mol. The third-order valence-corrected chi connectivity index (χ3v) is 7.69. The molecule has 0 radical (unpaired) electrons. The lowest BCUT2D eigenvalue weighted by Crippen LogP contribution is -2.43. The Bertz CT molecular complexity index is 1270. The van der Waals surface area contributed by atoms with Crippen molar-refractivity contribution in [2.24, 2.45) is 0 Å². The Morgan fingerprint density at radius 2 is 1.76 bits per heavy atom. The zero-order valence-electron chi connectivity index (χ0n) is 21.7. The number of fused-ring (bicyclic) bond motifs is 1. The molecule has 2 aliphatic rings. The normalized spacial score (nSPS) is 17.1. The van der Waals surface area contributed by atoms with Gasteiger partial charge < -0.3 is 24.8 Å². The second-order valence-electron chi connectivity index (χ2n) is 8.88. The molecule has 2 heterocycles. The summed E-state index contributed by atoms with van der Waals surface area (Å²) in [5.41, 5.74) is 4.00. The van der Waals surface area contributed by atoms with E-state index < -0.39 is 10.0 Å². The van der Waals surface area contributed by atoms with Crippen LogP contribution in [0.2, 0.25) is 0 Å². The van der Waals surface area contributed by atoms with Crippen LogP contribution in [0.4, 0.5) is 17.1 Å². The summed E-state index contributed by atoms with van der Waals surface area (Å²) >= 11 is 0. The maximum absolute atomic E-state index is 12.9. The van der Waals surface area contributed by atoms with Crippen LogP contribution in [0.25, 0.3) is 5.57 Å². The number of rotatable bonds is 10. The van der Waals surface area contributed by atoms with Gasteiger partial charge in [-0.2, -0.15) is 0 Å². The highest BCUT2D eigenvalue weighted by Gasteiger charge is 2.29. The first kappa shape index (κ1) is 26.8. The van der Waals surface area contributed by atoms with Crippen molar-refractivity contribution in [1.29, 1.82) is 0 Å². The number of nitrogens with one attached hydrogen (secondary N) is 2. The molecular formula is C26H34N4O6S. The Balaban J connectivity index is 1.56. The summed E-state index contributed by atoms with van der Waals surface area (Å²) < 4.78 is 42.7. The van der Waals surface area contributed by atoms with Gasteiger partial charge in [0.15, 0.2) is 11.5 Å². The molecule has 10 nitrogen and oxygen atoms in total. The topological polar surface area (TPSA) is 109 Å². The number of nitrogens with zero attached hydrogens (tertiary/aromatic N) is 2. The number of carbonyl (C=O) groups is 1. The van der Waals surface area contributed by atoms with Crippen LogP contribution in [0.3, 0.4) is 0 Å². The second-order valence-corrected chi connectivity index (χ2v) is 10.8.